The molecule has 0 heterocycles. The summed E-state index contributed by atoms with van der Waals surface area (Å²) in [7, 11) is -2.66. The summed E-state index contributed by atoms with van der Waals surface area (Å²) in [6.07, 6.45) is 2.99. The molecule has 0 rings (SSSR count). The van der Waals surface area contributed by atoms with Crippen LogP contribution in [0.25, 0.3) is 0 Å². The van der Waals surface area contributed by atoms with Crippen LogP contribution in [0.4, 0.5) is 0 Å². The summed E-state index contributed by atoms with van der Waals surface area (Å²) in [6, 6.07) is 0. The SMILES string of the molecule is CCC(CC)(CO[PH](=O)OCC(CC)(CC)SC(C)=O)SC(C)=O. The minimum atomic E-state index is -2.66. The van der Waals surface area contributed by atoms with Crippen molar-refractivity contribution in [2.75, 3.05) is 13.2 Å². The molecule has 8 heteroatoms. The highest BCUT2D eigenvalue weighted by Crippen LogP contribution is 2.40. The Labute approximate surface area is 155 Å². The van der Waals surface area contributed by atoms with Gasteiger partial charge in [0, 0.05) is 23.3 Å². The van der Waals surface area contributed by atoms with Crippen molar-refractivity contribution >= 4 is 42.0 Å². The van der Waals surface area contributed by atoms with E-state index >= 15 is 0 Å². The van der Waals surface area contributed by atoms with Crippen molar-refractivity contribution in [2.24, 2.45) is 0 Å². The first-order chi connectivity index (χ1) is 11.2. The Hall–Kier alpha value is 0.190. The molecule has 0 radical (unpaired) electrons. The molecule has 5 nitrogen and oxygen atoms in total. The van der Waals surface area contributed by atoms with Gasteiger partial charge in [-0.05, 0) is 25.7 Å². The molecule has 0 aliphatic heterocycles. The number of carbonyl (C=O) groups is 2. The molecule has 0 fully saturated rings. The van der Waals surface area contributed by atoms with Crippen LogP contribution in [0.5, 0.6) is 0 Å². The van der Waals surface area contributed by atoms with Gasteiger partial charge in [0.1, 0.15) is 0 Å². The van der Waals surface area contributed by atoms with Crippen LogP contribution in [0.3, 0.4) is 0 Å². The molecule has 0 spiro atoms. The Kier molecular flexibility index (Phi) is 11.8. The van der Waals surface area contributed by atoms with E-state index in [4.69, 9.17) is 9.05 Å². The van der Waals surface area contributed by atoms with E-state index < -0.39 is 8.25 Å². The highest BCUT2D eigenvalue weighted by molar-refractivity contribution is 8.15. The highest BCUT2D eigenvalue weighted by atomic mass is 32.2. The first-order valence-corrected chi connectivity index (χ1v) is 11.2. The van der Waals surface area contributed by atoms with Crippen molar-refractivity contribution in [3.05, 3.63) is 0 Å². The number of thioether (sulfide) groups is 2. The molecule has 0 bridgehead atoms. The van der Waals surface area contributed by atoms with Crippen molar-refractivity contribution in [3.63, 3.8) is 0 Å². The van der Waals surface area contributed by atoms with E-state index in [-0.39, 0.29) is 32.9 Å². The summed E-state index contributed by atoms with van der Waals surface area (Å²) in [5.41, 5.74) is 0. The molecule has 0 aromatic carbocycles. The predicted molar refractivity (Wildman–Crippen MR) is 104 cm³/mol. The van der Waals surface area contributed by atoms with Gasteiger partial charge in [0.15, 0.2) is 10.2 Å². The van der Waals surface area contributed by atoms with Gasteiger partial charge in [-0.2, -0.15) is 0 Å². The Morgan fingerprint density at radius 3 is 1.29 bits per heavy atom. The van der Waals surface area contributed by atoms with Crippen molar-refractivity contribution in [3.8, 4) is 0 Å². The smallest absolute Gasteiger partial charge is 0.309 e. The molecular weight excluding hydrogens is 367 g/mol. The molecule has 0 amide bonds. The predicted octanol–water partition coefficient (Wildman–Crippen LogP) is 5.09. The first kappa shape index (κ1) is 24.2. The summed E-state index contributed by atoms with van der Waals surface area (Å²) < 4.78 is 22.3. The van der Waals surface area contributed by atoms with E-state index in [2.05, 4.69) is 0 Å². The van der Waals surface area contributed by atoms with E-state index in [1.807, 2.05) is 27.7 Å². The quantitative estimate of drug-likeness (QED) is 0.424. The second kappa shape index (κ2) is 11.7. The van der Waals surface area contributed by atoms with Gasteiger partial charge in [-0.15, -0.1) is 0 Å². The lowest BCUT2D eigenvalue weighted by Gasteiger charge is -2.31. The molecule has 0 aromatic heterocycles. The Morgan fingerprint density at radius 2 is 1.08 bits per heavy atom. The maximum atomic E-state index is 12.1. The summed E-state index contributed by atoms with van der Waals surface area (Å²) in [5, 5.41) is 0.0495. The van der Waals surface area contributed by atoms with Crippen LogP contribution in [-0.4, -0.2) is 32.9 Å². The molecule has 0 aliphatic rings. The zero-order valence-corrected chi connectivity index (χ0v) is 18.2. The molecule has 0 saturated heterocycles. The van der Waals surface area contributed by atoms with Crippen LogP contribution in [0.15, 0.2) is 0 Å². The van der Waals surface area contributed by atoms with E-state index in [9.17, 15) is 14.2 Å². The molecule has 0 aliphatic carbocycles. The standard InChI is InChI=1S/C16H31O5PS2/c1-7-15(8-2,23-13(5)17)11-20-22(19)21-12-16(9-3,10-4)24-14(6)18/h22H,7-12H2,1-6H3. The molecular formula is C16H31O5PS2. The van der Waals surface area contributed by atoms with Crippen LogP contribution in [0.2, 0.25) is 0 Å². The minimum Gasteiger partial charge on any atom is -0.309 e. The minimum absolute atomic E-state index is 0.0248. The fraction of sp³-hybridized carbons (Fsp3) is 0.875. The van der Waals surface area contributed by atoms with E-state index in [0.29, 0.717) is 0 Å². The molecule has 0 N–H and O–H groups in total. The monoisotopic (exact) mass is 398 g/mol. The van der Waals surface area contributed by atoms with Crippen LogP contribution in [0, 0.1) is 0 Å². The van der Waals surface area contributed by atoms with E-state index in [1.165, 1.54) is 37.4 Å². The summed E-state index contributed by atoms with van der Waals surface area (Å²) >= 11 is 2.48. The molecule has 0 atom stereocenters. The van der Waals surface area contributed by atoms with Crippen LogP contribution in [0.1, 0.15) is 67.2 Å². The van der Waals surface area contributed by atoms with Gasteiger partial charge in [0.05, 0.1) is 13.2 Å². The number of carbonyl (C=O) groups excluding carboxylic acids is 2. The summed E-state index contributed by atoms with van der Waals surface area (Å²) in [6.45, 7) is 11.4. The van der Waals surface area contributed by atoms with Crippen LogP contribution < -0.4 is 0 Å². The lowest BCUT2D eigenvalue weighted by molar-refractivity contribution is -0.110. The van der Waals surface area contributed by atoms with Gasteiger partial charge in [0.25, 0.3) is 0 Å². The van der Waals surface area contributed by atoms with Crippen LogP contribution >= 0.6 is 31.8 Å². The fourth-order valence-corrected chi connectivity index (χ4v) is 5.40. The number of hydrogen-bond acceptors (Lipinski definition) is 7. The average Bonchev–Trinajstić information content (AvgIpc) is 2.54. The van der Waals surface area contributed by atoms with Gasteiger partial charge in [-0.1, -0.05) is 51.2 Å². The first-order valence-electron chi connectivity index (χ1n) is 8.36. The fourth-order valence-electron chi connectivity index (χ4n) is 2.29. The molecule has 0 saturated carbocycles. The van der Waals surface area contributed by atoms with Gasteiger partial charge < -0.3 is 9.05 Å². The zero-order chi connectivity index (χ0) is 18.8. The third-order valence-electron chi connectivity index (χ3n) is 4.20. The maximum absolute atomic E-state index is 12.1. The Morgan fingerprint density at radius 1 is 0.792 bits per heavy atom. The van der Waals surface area contributed by atoms with Gasteiger partial charge in [-0.25, -0.2) is 0 Å². The highest BCUT2D eigenvalue weighted by Gasteiger charge is 2.32. The maximum Gasteiger partial charge on any atom is 0.319 e. The van der Waals surface area contributed by atoms with Crippen molar-refractivity contribution < 1.29 is 23.2 Å². The largest absolute Gasteiger partial charge is 0.319 e. The number of hydrogen-bond donors (Lipinski definition) is 0. The third-order valence-corrected chi connectivity index (χ3v) is 7.80. The lowest BCUT2D eigenvalue weighted by atomic mass is 10.0. The molecule has 0 aromatic rings. The van der Waals surface area contributed by atoms with Gasteiger partial charge in [-0.3, -0.25) is 14.2 Å². The van der Waals surface area contributed by atoms with Crippen molar-refractivity contribution in [1.29, 1.82) is 0 Å². The molecule has 0 unspecified atom stereocenters. The van der Waals surface area contributed by atoms with Crippen LogP contribution in [-0.2, 0) is 23.2 Å². The van der Waals surface area contributed by atoms with Crippen molar-refractivity contribution in [2.45, 2.75) is 76.7 Å². The Balaban J connectivity index is 4.66. The summed E-state index contributed by atoms with van der Waals surface area (Å²) in [5.74, 6) is 0. The normalized spacial score (nSPS) is 12.6. The topological polar surface area (TPSA) is 69.7 Å². The summed E-state index contributed by atoms with van der Waals surface area (Å²) in [4.78, 5) is 22.9. The van der Waals surface area contributed by atoms with E-state index in [0.717, 1.165) is 25.7 Å². The second-order valence-corrected chi connectivity index (χ2v) is 10.2. The number of rotatable bonds is 12. The van der Waals surface area contributed by atoms with Crippen molar-refractivity contribution in [1.82, 2.24) is 0 Å². The van der Waals surface area contributed by atoms with E-state index in [1.54, 1.807) is 0 Å². The molecule has 24 heavy (non-hydrogen) atoms. The zero-order valence-electron chi connectivity index (χ0n) is 15.6. The second-order valence-electron chi connectivity index (χ2n) is 5.79. The van der Waals surface area contributed by atoms with Gasteiger partial charge in [0.2, 0.25) is 0 Å². The lowest BCUT2D eigenvalue weighted by Crippen LogP contribution is -2.31. The Bertz CT molecular complexity index is 396. The molecule has 142 valence electrons. The third kappa shape index (κ3) is 8.52. The van der Waals surface area contributed by atoms with Gasteiger partial charge >= 0.3 is 8.25 Å². The average molecular weight is 399 g/mol.